The van der Waals surface area contributed by atoms with E-state index in [0.29, 0.717) is 26.9 Å². The van der Waals surface area contributed by atoms with Crippen LogP contribution in [0.2, 0.25) is 0 Å². The van der Waals surface area contributed by atoms with E-state index in [4.69, 9.17) is 0 Å². The Morgan fingerprint density at radius 3 is 2.45 bits per heavy atom. The smallest absolute Gasteiger partial charge is 0.259 e. The number of nitrogens with one attached hydrogen (secondary N) is 1. The lowest BCUT2D eigenvalue weighted by Gasteiger charge is -2.11. The molecular weight excluding hydrogens is 392 g/mol. The molecule has 1 aromatic heterocycles. The number of benzene rings is 2. The van der Waals surface area contributed by atoms with E-state index >= 15 is 0 Å². The number of thioether (sulfide) groups is 1. The Morgan fingerprint density at radius 1 is 1.14 bits per heavy atom. The fourth-order valence-electron chi connectivity index (χ4n) is 2.69. The van der Waals surface area contributed by atoms with Crippen molar-refractivity contribution in [2.24, 2.45) is 7.05 Å². The lowest BCUT2D eigenvalue weighted by molar-refractivity contribution is 0.0965. The van der Waals surface area contributed by atoms with E-state index in [1.807, 2.05) is 0 Å². The van der Waals surface area contributed by atoms with Crippen LogP contribution in [0.15, 0.2) is 72.3 Å². The van der Waals surface area contributed by atoms with Gasteiger partial charge in [0.1, 0.15) is 11.6 Å². The van der Waals surface area contributed by atoms with Gasteiger partial charge in [0.2, 0.25) is 0 Å². The third-order valence-electron chi connectivity index (χ3n) is 4.17. The molecule has 4 nitrogen and oxygen atoms in total. The summed E-state index contributed by atoms with van der Waals surface area (Å²) in [6.07, 6.45) is 1.70. The van der Waals surface area contributed by atoms with Crippen molar-refractivity contribution < 1.29 is 13.6 Å². The van der Waals surface area contributed by atoms with Gasteiger partial charge in [0.05, 0.1) is 22.0 Å². The fourth-order valence-corrected chi connectivity index (χ4v) is 3.52. The van der Waals surface area contributed by atoms with E-state index in [9.17, 15) is 13.6 Å². The number of hydrogen-bond donors (Lipinski definition) is 1. The molecule has 0 aliphatic heterocycles. The molecule has 0 unspecified atom stereocenters. The number of allylic oxidation sites excluding steroid dienone is 1. The maximum Gasteiger partial charge on any atom is 0.259 e. The van der Waals surface area contributed by atoms with Crippen LogP contribution in [-0.4, -0.2) is 15.7 Å². The molecule has 1 amide bonds. The normalized spacial score (nSPS) is 11.4. The quantitative estimate of drug-likeness (QED) is 0.594. The summed E-state index contributed by atoms with van der Waals surface area (Å²) in [7, 11) is 1.73. The van der Waals surface area contributed by atoms with Crippen LogP contribution in [0.4, 0.5) is 8.78 Å². The third kappa shape index (κ3) is 4.63. The number of aromatic nitrogens is 2. The van der Waals surface area contributed by atoms with Gasteiger partial charge in [0.15, 0.2) is 0 Å². The molecule has 0 saturated heterocycles. The van der Waals surface area contributed by atoms with Gasteiger partial charge in [-0.15, -0.1) is 0 Å². The van der Waals surface area contributed by atoms with Crippen molar-refractivity contribution in [1.29, 1.82) is 0 Å². The number of aryl methyl sites for hydroxylation is 1. The highest BCUT2D eigenvalue weighted by molar-refractivity contribution is 8.11. The molecule has 148 valence electrons. The first-order chi connectivity index (χ1) is 13.9. The van der Waals surface area contributed by atoms with E-state index in [2.05, 4.69) is 17.0 Å². The Labute approximate surface area is 171 Å². The Balaban J connectivity index is 1.76. The summed E-state index contributed by atoms with van der Waals surface area (Å²) in [4.78, 5) is 13.0. The summed E-state index contributed by atoms with van der Waals surface area (Å²) in [5.41, 5.74) is 1.51. The standard InChI is InChI=1S/C22H19F2N3OS/c1-4-21(25-22(28)16-10-6-8-12-18(16)24)29-14(2)20-13-19(26-27(20)3)15-9-5-7-11-17(15)23/h4-13H,2H2,1,3H3,(H,25,28)/b21-4-. The first-order valence-electron chi connectivity index (χ1n) is 8.79. The molecule has 0 atom stereocenters. The molecular formula is C22H19F2N3OS. The van der Waals surface area contributed by atoms with Crippen LogP contribution in [0.5, 0.6) is 0 Å². The minimum atomic E-state index is -0.592. The van der Waals surface area contributed by atoms with E-state index < -0.39 is 11.7 Å². The molecule has 3 rings (SSSR count). The molecule has 0 aliphatic carbocycles. The number of nitrogens with zero attached hydrogens (tertiary/aromatic N) is 2. The average Bonchev–Trinajstić information content (AvgIpc) is 3.09. The second kappa shape index (κ2) is 8.87. The van der Waals surface area contributed by atoms with Crippen molar-refractivity contribution in [1.82, 2.24) is 15.1 Å². The highest BCUT2D eigenvalue weighted by Crippen LogP contribution is 2.33. The zero-order valence-corrected chi connectivity index (χ0v) is 16.8. The summed E-state index contributed by atoms with van der Waals surface area (Å²) in [6.45, 7) is 5.80. The predicted octanol–water partition coefficient (Wildman–Crippen LogP) is 5.36. The first-order valence-corrected chi connectivity index (χ1v) is 9.60. The van der Waals surface area contributed by atoms with Gasteiger partial charge in [-0.2, -0.15) is 5.10 Å². The number of carbonyl (C=O) groups is 1. The summed E-state index contributed by atoms with van der Waals surface area (Å²) >= 11 is 1.21. The second-order valence-corrected chi connectivity index (χ2v) is 7.27. The van der Waals surface area contributed by atoms with Crippen LogP contribution in [0, 0.1) is 11.6 Å². The number of rotatable bonds is 6. The van der Waals surface area contributed by atoms with Crippen LogP contribution in [0.1, 0.15) is 23.0 Å². The van der Waals surface area contributed by atoms with Crippen molar-refractivity contribution in [2.75, 3.05) is 0 Å². The van der Waals surface area contributed by atoms with Gasteiger partial charge in [-0.05, 0) is 37.3 Å². The Hall–Kier alpha value is -3.19. The van der Waals surface area contributed by atoms with Gasteiger partial charge in [0, 0.05) is 17.5 Å². The number of halogens is 2. The molecule has 1 heterocycles. The maximum atomic E-state index is 14.1. The molecule has 0 aliphatic rings. The van der Waals surface area contributed by atoms with E-state index in [-0.39, 0.29) is 11.4 Å². The molecule has 1 N–H and O–H groups in total. The van der Waals surface area contributed by atoms with Gasteiger partial charge in [0.25, 0.3) is 5.91 Å². The molecule has 0 spiro atoms. The van der Waals surface area contributed by atoms with Crippen LogP contribution in [0.3, 0.4) is 0 Å². The number of amides is 1. The minimum absolute atomic E-state index is 0.0413. The molecule has 0 radical (unpaired) electrons. The minimum Gasteiger partial charge on any atom is -0.316 e. The Morgan fingerprint density at radius 2 is 1.79 bits per heavy atom. The summed E-state index contributed by atoms with van der Waals surface area (Å²) in [5.74, 6) is -1.50. The van der Waals surface area contributed by atoms with Crippen LogP contribution in [-0.2, 0) is 7.05 Å². The van der Waals surface area contributed by atoms with E-state index in [1.165, 1.54) is 36.0 Å². The molecule has 29 heavy (non-hydrogen) atoms. The van der Waals surface area contributed by atoms with Gasteiger partial charge in [-0.1, -0.05) is 48.7 Å². The maximum absolute atomic E-state index is 14.1. The third-order valence-corrected chi connectivity index (χ3v) is 5.18. The Bertz CT molecular complexity index is 1100. The molecule has 2 aromatic carbocycles. The molecule has 0 saturated carbocycles. The number of hydrogen-bond acceptors (Lipinski definition) is 3. The zero-order chi connectivity index (χ0) is 21.0. The van der Waals surface area contributed by atoms with Crippen molar-refractivity contribution >= 4 is 22.6 Å². The lowest BCUT2D eigenvalue weighted by atomic mass is 10.1. The SMILES string of the molecule is C=C(S/C(=C\C)NC(=O)c1ccccc1F)c1cc(-c2ccccc2F)nn1C. The van der Waals surface area contributed by atoms with Crippen LogP contribution < -0.4 is 5.32 Å². The Kier molecular flexibility index (Phi) is 6.29. The van der Waals surface area contributed by atoms with Gasteiger partial charge < -0.3 is 5.32 Å². The van der Waals surface area contributed by atoms with Gasteiger partial charge in [-0.3, -0.25) is 9.48 Å². The van der Waals surface area contributed by atoms with Crippen LogP contribution in [0.25, 0.3) is 16.2 Å². The van der Waals surface area contributed by atoms with Crippen molar-refractivity contribution in [2.45, 2.75) is 6.92 Å². The molecule has 0 fully saturated rings. The zero-order valence-electron chi connectivity index (χ0n) is 15.9. The number of carbonyl (C=O) groups excluding carboxylic acids is 1. The fraction of sp³-hybridized carbons (Fsp3) is 0.0909. The highest BCUT2D eigenvalue weighted by atomic mass is 32.2. The van der Waals surface area contributed by atoms with Crippen molar-refractivity contribution in [3.8, 4) is 11.3 Å². The average molecular weight is 411 g/mol. The lowest BCUT2D eigenvalue weighted by Crippen LogP contribution is -2.22. The monoisotopic (exact) mass is 411 g/mol. The molecule has 7 heteroatoms. The summed E-state index contributed by atoms with van der Waals surface area (Å²) in [6, 6.07) is 13.9. The summed E-state index contributed by atoms with van der Waals surface area (Å²) < 4.78 is 29.5. The molecule has 0 bridgehead atoms. The summed E-state index contributed by atoms with van der Waals surface area (Å²) in [5, 5.41) is 7.55. The van der Waals surface area contributed by atoms with Gasteiger partial charge in [-0.25, -0.2) is 8.78 Å². The van der Waals surface area contributed by atoms with E-state index in [0.717, 1.165) is 0 Å². The second-order valence-electron chi connectivity index (χ2n) is 6.13. The molecule has 3 aromatic rings. The van der Waals surface area contributed by atoms with Crippen molar-refractivity contribution in [3.63, 3.8) is 0 Å². The topological polar surface area (TPSA) is 46.9 Å². The highest BCUT2D eigenvalue weighted by Gasteiger charge is 2.16. The van der Waals surface area contributed by atoms with Crippen LogP contribution >= 0.6 is 11.8 Å². The largest absolute Gasteiger partial charge is 0.316 e. The van der Waals surface area contributed by atoms with Gasteiger partial charge >= 0.3 is 0 Å². The van der Waals surface area contributed by atoms with E-state index in [1.54, 1.807) is 55.1 Å². The first kappa shape index (κ1) is 20.5. The van der Waals surface area contributed by atoms with Crippen molar-refractivity contribution in [3.05, 3.63) is 95.2 Å². The predicted molar refractivity (Wildman–Crippen MR) is 113 cm³/mol.